The molecular formula is C13H28O8S2. The maximum absolute atomic E-state index is 11.1. The zero-order chi connectivity index (χ0) is 18.0. The minimum absolute atomic E-state index is 0.227. The molecule has 2 N–H and O–H groups in total. The third-order valence-corrected chi connectivity index (χ3v) is 5.65. The van der Waals surface area contributed by atoms with Gasteiger partial charge in [-0.2, -0.15) is 8.42 Å². The summed E-state index contributed by atoms with van der Waals surface area (Å²) in [5.74, 6) is 0. The number of hydrogen-bond acceptors (Lipinski definition) is 8. The summed E-state index contributed by atoms with van der Waals surface area (Å²) in [5.41, 5.74) is 0. The average Bonchev–Trinajstić information content (AvgIpc) is 2.42. The zero-order valence-electron chi connectivity index (χ0n) is 14.1. The summed E-state index contributed by atoms with van der Waals surface area (Å²) in [7, 11) is -4.07. The second-order valence-electron chi connectivity index (χ2n) is 6.30. The standard InChI is InChI=1S/C13H28O8S2/c1-12(2,22-21-20-14)6-10-18-8-5-9-19-11-7-13(3,4)23(15,16)17/h14H,5-11H2,1-4H3,(H,15,16,17). The van der Waals surface area contributed by atoms with Crippen molar-refractivity contribution in [3.05, 3.63) is 0 Å². The molecule has 0 heterocycles. The van der Waals surface area contributed by atoms with E-state index in [0.29, 0.717) is 32.7 Å². The van der Waals surface area contributed by atoms with E-state index in [4.69, 9.17) is 19.3 Å². The van der Waals surface area contributed by atoms with Gasteiger partial charge in [0, 0.05) is 43.2 Å². The van der Waals surface area contributed by atoms with Crippen molar-refractivity contribution in [1.82, 2.24) is 0 Å². The van der Waals surface area contributed by atoms with Gasteiger partial charge in [0.15, 0.2) is 0 Å². The van der Waals surface area contributed by atoms with Crippen LogP contribution in [0.2, 0.25) is 0 Å². The highest BCUT2D eigenvalue weighted by Gasteiger charge is 2.32. The third-order valence-electron chi connectivity index (χ3n) is 3.26. The van der Waals surface area contributed by atoms with E-state index >= 15 is 0 Å². The lowest BCUT2D eigenvalue weighted by molar-refractivity contribution is -0.432. The molecule has 0 spiro atoms. The van der Waals surface area contributed by atoms with E-state index in [1.54, 1.807) is 0 Å². The van der Waals surface area contributed by atoms with Gasteiger partial charge in [0.2, 0.25) is 0 Å². The summed E-state index contributed by atoms with van der Waals surface area (Å²) < 4.78 is 45.0. The molecule has 140 valence electrons. The third kappa shape index (κ3) is 11.3. The monoisotopic (exact) mass is 376 g/mol. The van der Waals surface area contributed by atoms with E-state index in [1.807, 2.05) is 13.8 Å². The van der Waals surface area contributed by atoms with Crippen molar-refractivity contribution in [3.8, 4) is 0 Å². The van der Waals surface area contributed by atoms with E-state index < -0.39 is 14.9 Å². The Hall–Kier alpha value is 0.0600. The van der Waals surface area contributed by atoms with Crippen LogP contribution in [-0.4, -0.2) is 54.1 Å². The minimum atomic E-state index is -4.07. The predicted octanol–water partition coefficient (Wildman–Crippen LogP) is 2.70. The molecule has 0 amide bonds. The van der Waals surface area contributed by atoms with Crippen LogP contribution < -0.4 is 0 Å². The molecule has 0 aliphatic heterocycles. The Morgan fingerprint density at radius 2 is 1.48 bits per heavy atom. The first kappa shape index (κ1) is 23.1. The molecule has 0 rings (SSSR count). The molecule has 0 aromatic rings. The maximum Gasteiger partial charge on any atom is 0.270 e. The van der Waals surface area contributed by atoms with Crippen LogP contribution in [0.4, 0.5) is 0 Å². The number of ether oxygens (including phenoxy) is 2. The highest BCUT2D eigenvalue weighted by Crippen LogP contribution is 2.28. The van der Waals surface area contributed by atoms with Gasteiger partial charge in [-0.25, -0.2) is 5.26 Å². The van der Waals surface area contributed by atoms with Crippen molar-refractivity contribution in [2.75, 3.05) is 26.4 Å². The Morgan fingerprint density at radius 1 is 0.957 bits per heavy atom. The first-order chi connectivity index (χ1) is 10.5. The number of rotatable bonds is 14. The van der Waals surface area contributed by atoms with Gasteiger partial charge in [0.25, 0.3) is 10.1 Å². The van der Waals surface area contributed by atoms with Gasteiger partial charge < -0.3 is 9.47 Å². The molecule has 0 aromatic carbocycles. The second kappa shape index (κ2) is 10.8. The fourth-order valence-electron chi connectivity index (χ4n) is 1.38. The van der Waals surface area contributed by atoms with Crippen LogP contribution in [0.25, 0.3) is 0 Å². The summed E-state index contributed by atoms with van der Waals surface area (Å²) in [5, 5.41) is 11.7. The molecule has 0 bridgehead atoms. The fraction of sp³-hybridized carbons (Fsp3) is 1.00. The SMILES string of the molecule is CC(C)(CCOCCCOCCC(C)(C)S(=O)(=O)O)SOOO. The van der Waals surface area contributed by atoms with E-state index in [0.717, 1.165) is 12.0 Å². The van der Waals surface area contributed by atoms with E-state index in [2.05, 4.69) is 9.37 Å². The van der Waals surface area contributed by atoms with Crippen molar-refractivity contribution < 1.29 is 37.1 Å². The Morgan fingerprint density at radius 3 is 1.96 bits per heavy atom. The smallest absolute Gasteiger partial charge is 0.270 e. The van der Waals surface area contributed by atoms with Gasteiger partial charge in [-0.3, -0.25) is 4.55 Å². The van der Waals surface area contributed by atoms with Gasteiger partial charge >= 0.3 is 0 Å². The van der Waals surface area contributed by atoms with Crippen molar-refractivity contribution in [1.29, 1.82) is 0 Å². The predicted molar refractivity (Wildman–Crippen MR) is 87.6 cm³/mol. The largest absolute Gasteiger partial charge is 0.381 e. The lowest BCUT2D eigenvalue weighted by Gasteiger charge is -2.21. The van der Waals surface area contributed by atoms with Crippen LogP contribution >= 0.6 is 12.0 Å². The van der Waals surface area contributed by atoms with Gasteiger partial charge in [-0.05, 0) is 47.0 Å². The molecule has 0 fully saturated rings. The summed E-state index contributed by atoms with van der Waals surface area (Å²) in [6.45, 7) is 8.56. The normalized spacial score (nSPS) is 13.5. The second-order valence-corrected chi connectivity index (χ2v) is 9.76. The van der Waals surface area contributed by atoms with Crippen molar-refractivity contribution >= 4 is 22.2 Å². The molecule has 0 atom stereocenters. The van der Waals surface area contributed by atoms with Crippen LogP contribution in [0.1, 0.15) is 47.0 Å². The Labute approximate surface area is 142 Å². The Bertz CT molecular complexity index is 408. The molecule has 0 saturated heterocycles. The van der Waals surface area contributed by atoms with Crippen molar-refractivity contribution in [2.45, 2.75) is 56.5 Å². The molecule has 0 aliphatic carbocycles. The maximum atomic E-state index is 11.1. The lowest BCUT2D eigenvalue weighted by atomic mass is 10.1. The quantitative estimate of drug-likeness (QED) is 0.155. The van der Waals surface area contributed by atoms with E-state index in [1.165, 1.54) is 13.8 Å². The first-order valence-corrected chi connectivity index (χ1v) is 9.48. The Balaban J connectivity index is 3.58. The Kier molecular flexibility index (Phi) is 10.9. The molecule has 0 aromatic heterocycles. The summed E-state index contributed by atoms with van der Waals surface area (Å²) >= 11 is 1.01. The minimum Gasteiger partial charge on any atom is -0.381 e. The van der Waals surface area contributed by atoms with Crippen LogP contribution in [0.3, 0.4) is 0 Å². The average molecular weight is 376 g/mol. The molecule has 0 unspecified atom stereocenters. The fourth-order valence-corrected chi connectivity index (χ4v) is 2.10. The number of hydrogen-bond donors (Lipinski definition) is 2. The topological polar surface area (TPSA) is 112 Å². The van der Waals surface area contributed by atoms with Crippen LogP contribution in [-0.2, 0) is 29.0 Å². The molecule has 0 aliphatic rings. The molecule has 10 heteroatoms. The van der Waals surface area contributed by atoms with Crippen molar-refractivity contribution in [2.24, 2.45) is 0 Å². The van der Waals surface area contributed by atoms with Gasteiger partial charge in [-0.1, -0.05) is 5.04 Å². The summed E-state index contributed by atoms with van der Waals surface area (Å²) in [4.78, 5) is 0. The summed E-state index contributed by atoms with van der Waals surface area (Å²) in [6.07, 6.45) is 1.63. The first-order valence-electron chi connectivity index (χ1n) is 7.30. The van der Waals surface area contributed by atoms with Crippen LogP contribution in [0, 0.1) is 0 Å². The molecular weight excluding hydrogens is 348 g/mol. The highest BCUT2D eigenvalue weighted by atomic mass is 32.2. The molecule has 23 heavy (non-hydrogen) atoms. The molecule has 8 nitrogen and oxygen atoms in total. The highest BCUT2D eigenvalue weighted by molar-refractivity contribution is 7.95. The van der Waals surface area contributed by atoms with Crippen LogP contribution in [0.15, 0.2) is 0 Å². The van der Waals surface area contributed by atoms with E-state index in [-0.39, 0.29) is 17.8 Å². The lowest BCUT2D eigenvalue weighted by Crippen LogP contribution is -2.32. The molecule has 0 saturated carbocycles. The molecule has 0 radical (unpaired) electrons. The van der Waals surface area contributed by atoms with Gasteiger partial charge in [0.05, 0.1) is 4.75 Å². The zero-order valence-corrected chi connectivity index (χ0v) is 15.7. The van der Waals surface area contributed by atoms with E-state index in [9.17, 15) is 8.42 Å². The van der Waals surface area contributed by atoms with Crippen molar-refractivity contribution in [3.63, 3.8) is 0 Å². The van der Waals surface area contributed by atoms with Gasteiger partial charge in [-0.15, -0.1) is 4.33 Å². The van der Waals surface area contributed by atoms with Gasteiger partial charge in [0.1, 0.15) is 0 Å². The summed E-state index contributed by atoms with van der Waals surface area (Å²) in [6, 6.07) is 0. The van der Waals surface area contributed by atoms with Crippen LogP contribution in [0.5, 0.6) is 0 Å².